The van der Waals surface area contributed by atoms with Crippen LogP contribution < -0.4 is 4.74 Å². The van der Waals surface area contributed by atoms with Crippen LogP contribution >= 0.6 is 27.3 Å². The third-order valence-electron chi connectivity index (χ3n) is 2.86. The van der Waals surface area contributed by atoms with Gasteiger partial charge < -0.3 is 9.84 Å². The lowest BCUT2D eigenvalue weighted by atomic mass is 10.2. The van der Waals surface area contributed by atoms with Crippen molar-refractivity contribution in [3.8, 4) is 22.1 Å². The van der Waals surface area contributed by atoms with E-state index < -0.39 is 0 Å². The van der Waals surface area contributed by atoms with Crippen LogP contribution in [0.15, 0.2) is 40.9 Å². The molecule has 20 heavy (non-hydrogen) atoms. The molecule has 0 bridgehead atoms. The van der Waals surface area contributed by atoms with Crippen molar-refractivity contribution in [2.45, 2.75) is 6.92 Å². The summed E-state index contributed by atoms with van der Waals surface area (Å²) in [6, 6.07) is 11.5. The van der Waals surface area contributed by atoms with Crippen LogP contribution in [-0.2, 0) is 0 Å². The summed E-state index contributed by atoms with van der Waals surface area (Å²) < 4.78 is 7.40. The molecule has 0 amide bonds. The van der Waals surface area contributed by atoms with Gasteiger partial charge in [-0.2, -0.15) is 0 Å². The molecule has 0 atom stereocenters. The number of ether oxygens (including phenoxy) is 1. The van der Waals surface area contributed by atoms with Crippen molar-refractivity contribution in [1.29, 1.82) is 0 Å². The fourth-order valence-electron chi connectivity index (χ4n) is 1.99. The third-order valence-corrected chi connectivity index (χ3v) is 4.39. The van der Waals surface area contributed by atoms with E-state index in [1.165, 1.54) is 0 Å². The second kappa shape index (κ2) is 5.42. The van der Waals surface area contributed by atoms with Gasteiger partial charge in [-0.15, -0.1) is 11.3 Å². The molecule has 3 nitrogen and oxygen atoms in total. The number of hydrogen-bond donors (Lipinski definition) is 1. The van der Waals surface area contributed by atoms with Crippen molar-refractivity contribution in [2.24, 2.45) is 0 Å². The molecule has 2 aromatic carbocycles. The lowest BCUT2D eigenvalue weighted by molar-refractivity contribution is 0.318. The van der Waals surface area contributed by atoms with Crippen LogP contribution in [0.25, 0.3) is 20.8 Å². The van der Waals surface area contributed by atoms with Crippen molar-refractivity contribution >= 4 is 37.5 Å². The number of hydrogen-bond acceptors (Lipinski definition) is 4. The van der Waals surface area contributed by atoms with E-state index in [1.54, 1.807) is 17.4 Å². The minimum Gasteiger partial charge on any atom is -0.504 e. The molecule has 1 N–H and O–H groups in total. The van der Waals surface area contributed by atoms with Gasteiger partial charge in [0.2, 0.25) is 0 Å². The van der Waals surface area contributed by atoms with E-state index in [-0.39, 0.29) is 5.75 Å². The summed E-state index contributed by atoms with van der Waals surface area (Å²) in [5.41, 5.74) is 1.62. The van der Waals surface area contributed by atoms with E-state index >= 15 is 0 Å². The van der Waals surface area contributed by atoms with E-state index in [1.807, 2.05) is 37.3 Å². The highest BCUT2D eigenvalue weighted by atomic mass is 79.9. The molecule has 0 aliphatic rings. The molecule has 0 aliphatic carbocycles. The van der Waals surface area contributed by atoms with Crippen molar-refractivity contribution in [3.05, 3.63) is 40.9 Å². The highest BCUT2D eigenvalue weighted by Crippen LogP contribution is 2.42. The Bertz CT molecular complexity index is 737. The van der Waals surface area contributed by atoms with Crippen LogP contribution in [0.1, 0.15) is 6.92 Å². The zero-order chi connectivity index (χ0) is 14.1. The van der Waals surface area contributed by atoms with Gasteiger partial charge in [-0.1, -0.05) is 28.1 Å². The number of benzene rings is 2. The molecule has 0 radical (unpaired) electrons. The number of phenolic OH excluding ortho intramolecular Hbond substituents is 1. The topological polar surface area (TPSA) is 42.4 Å². The Hall–Kier alpha value is -1.59. The van der Waals surface area contributed by atoms with Crippen LogP contribution in [0.3, 0.4) is 0 Å². The molecule has 3 aromatic rings. The summed E-state index contributed by atoms with van der Waals surface area (Å²) in [6.45, 7) is 2.39. The Morgan fingerprint density at radius 3 is 2.85 bits per heavy atom. The summed E-state index contributed by atoms with van der Waals surface area (Å²) >= 11 is 5.00. The number of thiazole rings is 1. The van der Waals surface area contributed by atoms with Gasteiger partial charge >= 0.3 is 0 Å². The van der Waals surface area contributed by atoms with E-state index in [0.29, 0.717) is 17.9 Å². The summed E-state index contributed by atoms with van der Waals surface area (Å²) in [7, 11) is 0. The van der Waals surface area contributed by atoms with Gasteiger partial charge in [-0.05, 0) is 31.2 Å². The Balaban J connectivity index is 2.17. The normalized spacial score (nSPS) is 10.9. The van der Waals surface area contributed by atoms with Crippen LogP contribution in [0, 0.1) is 0 Å². The van der Waals surface area contributed by atoms with Crippen LogP contribution in [0.2, 0.25) is 0 Å². The molecule has 0 spiro atoms. The molecule has 0 fully saturated rings. The minimum absolute atomic E-state index is 0.133. The fraction of sp³-hybridized carbons (Fsp3) is 0.133. The van der Waals surface area contributed by atoms with Gasteiger partial charge in [0, 0.05) is 4.47 Å². The largest absolute Gasteiger partial charge is 0.504 e. The van der Waals surface area contributed by atoms with Crippen molar-refractivity contribution < 1.29 is 9.84 Å². The molecule has 3 rings (SSSR count). The van der Waals surface area contributed by atoms with Gasteiger partial charge in [0.1, 0.15) is 5.01 Å². The summed E-state index contributed by atoms with van der Waals surface area (Å²) in [5.74, 6) is 0.602. The number of aromatic hydroxyl groups is 1. The quantitative estimate of drug-likeness (QED) is 0.736. The Morgan fingerprint density at radius 1 is 1.30 bits per heavy atom. The van der Waals surface area contributed by atoms with Gasteiger partial charge in [-0.3, -0.25) is 0 Å². The monoisotopic (exact) mass is 349 g/mol. The maximum absolute atomic E-state index is 10.3. The van der Waals surface area contributed by atoms with Gasteiger partial charge in [0.15, 0.2) is 11.5 Å². The molecule has 102 valence electrons. The maximum atomic E-state index is 10.3. The second-order valence-corrected chi connectivity index (χ2v) is 6.17. The average molecular weight is 350 g/mol. The molecule has 0 saturated carbocycles. The first kappa shape index (κ1) is 13.4. The van der Waals surface area contributed by atoms with Gasteiger partial charge in [-0.25, -0.2) is 4.98 Å². The smallest absolute Gasteiger partial charge is 0.168 e. The summed E-state index contributed by atoms with van der Waals surface area (Å²) in [5, 5.41) is 11.1. The molecule has 0 saturated heterocycles. The lowest BCUT2D eigenvalue weighted by Crippen LogP contribution is -1.93. The number of fused-ring (bicyclic) bond motifs is 1. The standard InChI is InChI=1S/C15H12BrNO2S/c1-2-19-12-8-9(16)7-10(14(12)18)15-17-11-5-3-4-6-13(11)20-15/h3-8,18H,2H2,1H3. The molecule has 0 aliphatic heterocycles. The fourth-order valence-corrected chi connectivity index (χ4v) is 3.41. The average Bonchev–Trinajstić information content (AvgIpc) is 2.86. The van der Waals surface area contributed by atoms with Gasteiger partial charge in [0.25, 0.3) is 0 Å². The van der Waals surface area contributed by atoms with Gasteiger partial charge in [0.05, 0.1) is 22.4 Å². The predicted molar refractivity (Wildman–Crippen MR) is 85.6 cm³/mol. The first-order valence-corrected chi connectivity index (χ1v) is 7.81. The zero-order valence-corrected chi connectivity index (χ0v) is 13.2. The van der Waals surface area contributed by atoms with Crippen molar-refractivity contribution in [3.63, 3.8) is 0 Å². The number of aromatic nitrogens is 1. The number of halogens is 1. The molecular formula is C15H12BrNO2S. The molecule has 1 aromatic heterocycles. The number of nitrogens with zero attached hydrogens (tertiary/aromatic N) is 1. The first-order valence-electron chi connectivity index (χ1n) is 6.20. The molecule has 0 unspecified atom stereocenters. The Morgan fingerprint density at radius 2 is 2.10 bits per heavy atom. The lowest BCUT2D eigenvalue weighted by Gasteiger charge is -2.09. The van der Waals surface area contributed by atoms with Crippen LogP contribution in [0.5, 0.6) is 11.5 Å². The number of rotatable bonds is 3. The third kappa shape index (κ3) is 2.39. The number of phenols is 1. The van der Waals surface area contributed by atoms with Crippen LogP contribution in [0.4, 0.5) is 0 Å². The Kier molecular flexibility index (Phi) is 3.63. The first-order chi connectivity index (χ1) is 9.69. The molecular weight excluding hydrogens is 338 g/mol. The van der Waals surface area contributed by atoms with E-state index in [4.69, 9.17) is 4.74 Å². The summed E-state index contributed by atoms with van der Waals surface area (Å²) in [6.07, 6.45) is 0. The van der Waals surface area contributed by atoms with E-state index in [0.717, 1.165) is 19.7 Å². The maximum Gasteiger partial charge on any atom is 0.168 e. The highest BCUT2D eigenvalue weighted by Gasteiger charge is 2.15. The molecule has 5 heteroatoms. The predicted octanol–water partition coefficient (Wildman–Crippen LogP) is 4.83. The minimum atomic E-state index is 0.133. The second-order valence-electron chi connectivity index (χ2n) is 4.22. The van der Waals surface area contributed by atoms with E-state index in [2.05, 4.69) is 20.9 Å². The van der Waals surface area contributed by atoms with Crippen molar-refractivity contribution in [2.75, 3.05) is 6.61 Å². The van der Waals surface area contributed by atoms with Crippen LogP contribution in [-0.4, -0.2) is 16.7 Å². The number of para-hydroxylation sites is 1. The highest BCUT2D eigenvalue weighted by molar-refractivity contribution is 9.10. The Labute approximate surface area is 129 Å². The SMILES string of the molecule is CCOc1cc(Br)cc(-c2nc3ccccc3s2)c1O. The summed E-state index contributed by atoms with van der Waals surface area (Å²) in [4.78, 5) is 4.57. The van der Waals surface area contributed by atoms with E-state index in [9.17, 15) is 5.11 Å². The molecule has 1 heterocycles. The zero-order valence-electron chi connectivity index (χ0n) is 10.8. The van der Waals surface area contributed by atoms with Crippen molar-refractivity contribution in [1.82, 2.24) is 4.98 Å².